The number of nitrogens with one attached hydrogen (secondary N) is 1. The van der Waals surface area contributed by atoms with E-state index >= 15 is 0 Å². The molecule has 1 aromatic heterocycles. The number of aromatic nitrogens is 3. The molecule has 1 heterocycles. The maximum Gasteiger partial charge on any atom is 0.216 e. The van der Waals surface area contributed by atoms with Crippen molar-refractivity contribution in [1.82, 2.24) is 20.1 Å². The molecule has 1 atom stereocenters. The molecule has 0 fully saturated rings. The summed E-state index contributed by atoms with van der Waals surface area (Å²) in [4.78, 5) is 23.9. The first-order valence-corrected chi connectivity index (χ1v) is 11.4. The molecule has 8 heteroatoms. The van der Waals surface area contributed by atoms with Crippen molar-refractivity contribution in [3.05, 3.63) is 64.7 Å². The van der Waals surface area contributed by atoms with Crippen molar-refractivity contribution in [3.63, 3.8) is 0 Å². The number of Topliss-reactive ketones (excluding diaryl/α,β-unsaturated/α-hetero) is 1. The Morgan fingerprint density at radius 2 is 1.77 bits per heavy atom. The second-order valence-electron chi connectivity index (χ2n) is 7.11. The van der Waals surface area contributed by atoms with Crippen molar-refractivity contribution in [2.24, 2.45) is 0 Å². The van der Waals surface area contributed by atoms with Gasteiger partial charge in [0.25, 0.3) is 0 Å². The fourth-order valence-corrected chi connectivity index (χ4v) is 4.25. The maximum atomic E-state index is 12.9. The molecule has 1 unspecified atom stereocenters. The Morgan fingerprint density at radius 3 is 2.39 bits per heavy atom. The van der Waals surface area contributed by atoms with Gasteiger partial charge in [-0.05, 0) is 50.1 Å². The van der Waals surface area contributed by atoms with Crippen molar-refractivity contribution in [2.75, 3.05) is 6.54 Å². The van der Waals surface area contributed by atoms with Gasteiger partial charge in [0, 0.05) is 36.2 Å². The molecule has 3 aromatic rings. The van der Waals surface area contributed by atoms with E-state index in [0.29, 0.717) is 28.8 Å². The van der Waals surface area contributed by atoms with E-state index in [4.69, 9.17) is 11.6 Å². The van der Waals surface area contributed by atoms with Crippen LogP contribution < -0.4 is 5.32 Å². The Balaban J connectivity index is 1.68. The number of benzene rings is 2. The van der Waals surface area contributed by atoms with Crippen LogP contribution in [0.25, 0.3) is 11.4 Å². The molecule has 6 nitrogen and oxygen atoms in total. The van der Waals surface area contributed by atoms with Crippen LogP contribution in [0.1, 0.15) is 36.7 Å². The summed E-state index contributed by atoms with van der Waals surface area (Å²) in [6, 6.07) is 15.0. The number of carbonyl (C=O) groups is 2. The molecular formula is C23H25ClN4O2S. The number of nitrogens with zero attached hydrogens (tertiary/aromatic N) is 3. The molecule has 162 valence electrons. The van der Waals surface area contributed by atoms with Crippen LogP contribution in [-0.2, 0) is 17.8 Å². The smallest absolute Gasteiger partial charge is 0.216 e. The summed E-state index contributed by atoms with van der Waals surface area (Å²) in [6.45, 7) is 6.68. The number of carbonyl (C=O) groups excluding carboxylic acids is 2. The number of halogens is 1. The van der Waals surface area contributed by atoms with E-state index in [1.54, 1.807) is 0 Å². The second-order valence-corrected chi connectivity index (χ2v) is 8.86. The lowest BCUT2D eigenvalue weighted by atomic mass is 10.0. The Kier molecular flexibility index (Phi) is 7.87. The lowest BCUT2D eigenvalue weighted by Gasteiger charge is -2.12. The second kappa shape index (κ2) is 10.6. The van der Waals surface area contributed by atoms with Crippen molar-refractivity contribution >= 4 is 35.1 Å². The monoisotopic (exact) mass is 456 g/mol. The lowest BCUT2D eigenvalue weighted by Crippen LogP contribution is -2.22. The minimum Gasteiger partial charge on any atom is -0.356 e. The maximum absolute atomic E-state index is 12.9. The van der Waals surface area contributed by atoms with Gasteiger partial charge < -0.3 is 9.88 Å². The minimum atomic E-state index is -0.308. The van der Waals surface area contributed by atoms with Crippen molar-refractivity contribution < 1.29 is 9.59 Å². The van der Waals surface area contributed by atoms with E-state index in [0.717, 1.165) is 23.4 Å². The summed E-state index contributed by atoms with van der Waals surface area (Å²) < 4.78 is 2.00. The summed E-state index contributed by atoms with van der Waals surface area (Å²) in [5.41, 5.74) is 2.66. The van der Waals surface area contributed by atoms with Gasteiger partial charge in [-0.1, -0.05) is 47.6 Å². The average Bonchev–Trinajstić information content (AvgIpc) is 3.16. The lowest BCUT2D eigenvalue weighted by molar-refractivity contribution is -0.118. The highest BCUT2D eigenvalue weighted by molar-refractivity contribution is 8.00. The van der Waals surface area contributed by atoms with Gasteiger partial charge in [-0.15, -0.1) is 10.2 Å². The van der Waals surface area contributed by atoms with Gasteiger partial charge in [0.1, 0.15) is 0 Å². The van der Waals surface area contributed by atoms with Gasteiger partial charge in [0.05, 0.1) is 5.25 Å². The predicted molar refractivity (Wildman–Crippen MR) is 125 cm³/mol. The van der Waals surface area contributed by atoms with Crippen LogP contribution in [0.3, 0.4) is 0 Å². The summed E-state index contributed by atoms with van der Waals surface area (Å²) in [5, 5.41) is 12.5. The zero-order valence-electron chi connectivity index (χ0n) is 17.8. The molecule has 3 rings (SSSR count). The van der Waals surface area contributed by atoms with Gasteiger partial charge in [0.2, 0.25) is 5.91 Å². The molecule has 0 aliphatic heterocycles. The number of rotatable bonds is 9. The number of hydrogen-bond donors (Lipinski definition) is 1. The average molecular weight is 457 g/mol. The van der Waals surface area contributed by atoms with Crippen LogP contribution in [0, 0.1) is 0 Å². The molecule has 0 aliphatic carbocycles. The van der Waals surface area contributed by atoms with Gasteiger partial charge in [0.15, 0.2) is 16.8 Å². The summed E-state index contributed by atoms with van der Waals surface area (Å²) in [7, 11) is 0. The molecule has 1 amide bonds. The number of amides is 1. The fraction of sp³-hybridized carbons (Fsp3) is 0.304. The quantitative estimate of drug-likeness (QED) is 0.374. The van der Waals surface area contributed by atoms with Gasteiger partial charge in [-0.25, -0.2) is 0 Å². The molecule has 0 aliphatic rings. The predicted octanol–water partition coefficient (Wildman–Crippen LogP) is 4.66. The topological polar surface area (TPSA) is 76.9 Å². The van der Waals surface area contributed by atoms with Crippen molar-refractivity contribution in [2.45, 2.75) is 44.1 Å². The van der Waals surface area contributed by atoms with E-state index in [1.165, 1.54) is 18.7 Å². The van der Waals surface area contributed by atoms with E-state index in [9.17, 15) is 9.59 Å². The third-order valence-corrected chi connectivity index (χ3v) is 6.15. The summed E-state index contributed by atoms with van der Waals surface area (Å²) >= 11 is 7.39. The Bertz CT molecular complexity index is 1050. The molecule has 0 spiro atoms. The molecule has 1 N–H and O–H groups in total. The van der Waals surface area contributed by atoms with Gasteiger partial charge >= 0.3 is 0 Å². The molecule has 0 bridgehead atoms. The largest absolute Gasteiger partial charge is 0.356 e. The van der Waals surface area contributed by atoms with Crippen LogP contribution in [0.2, 0.25) is 5.02 Å². The van der Waals surface area contributed by atoms with Crippen LogP contribution in [0.5, 0.6) is 0 Å². The molecule has 0 saturated carbocycles. The minimum absolute atomic E-state index is 0.0390. The Labute approximate surface area is 191 Å². The first-order chi connectivity index (χ1) is 14.9. The third kappa shape index (κ3) is 5.95. The van der Waals surface area contributed by atoms with Crippen molar-refractivity contribution in [3.8, 4) is 11.4 Å². The van der Waals surface area contributed by atoms with E-state index < -0.39 is 0 Å². The number of ketones is 1. The molecule has 0 saturated heterocycles. The molecule has 0 radical (unpaired) electrons. The normalized spacial score (nSPS) is 11.9. The number of thioether (sulfide) groups is 1. The first kappa shape index (κ1) is 23.0. The summed E-state index contributed by atoms with van der Waals surface area (Å²) in [6.07, 6.45) is 0.728. The summed E-state index contributed by atoms with van der Waals surface area (Å²) in [5.74, 6) is 0.749. The first-order valence-electron chi connectivity index (χ1n) is 10.1. The molecule has 2 aromatic carbocycles. The zero-order valence-corrected chi connectivity index (χ0v) is 19.3. The van der Waals surface area contributed by atoms with Gasteiger partial charge in [-0.3, -0.25) is 9.59 Å². The van der Waals surface area contributed by atoms with Crippen molar-refractivity contribution in [1.29, 1.82) is 0 Å². The van der Waals surface area contributed by atoms with Crippen LogP contribution in [0.4, 0.5) is 0 Å². The molecule has 31 heavy (non-hydrogen) atoms. The van der Waals surface area contributed by atoms with E-state index in [-0.39, 0.29) is 16.9 Å². The fourth-order valence-electron chi connectivity index (χ4n) is 3.14. The van der Waals surface area contributed by atoms with Crippen LogP contribution in [-0.4, -0.2) is 38.2 Å². The third-order valence-electron chi connectivity index (χ3n) is 4.81. The molecular weight excluding hydrogens is 432 g/mol. The van der Waals surface area contributed by atoms with Crippen LogP contribution >= 0.6 is 23.4 Å². The standard InChI is InChI=1S/C23H25ClN4O2S/c1-4-28-22(19-9-11-20(24)12-10-19)26-27-23(28)31-15(2)21(30)18-7-5-17(6-8-18)13-14-25-16(3)29/h5-12,15H,4,13-14H2,1-3H3,(H,25,29). The zero-order chi connectivity index (χ0) is 22.4. The highest BCUT2D eigenvalue weighted by Gasteiger charge is 2.21. The highest BCUT2D eigenvalue weighted by atomic mass is 35.5. The van der Waals surface area contributed by atoms with E-state index in [2.05, 4.69) is 15.5 Å². The van der Waals surface area contributed by atoms with Gasteiger partial charge in [-0.2, -0.15) is 0 Å². The highest BCUT2D eigenvalue weighted by Crippen LogP contribution is 2.29. The Hall–Kier alpha value is -2.64. The Morgan fingerprint density at radius 1 is 1.10 bits per heavy atom. The number of hydrogen-bond acceptors (Lipinski definition) is 5. The SMILES string of the molecule is CCn1c(SC(C)C(=O)c2ccc(CCNC(C)=O)cc2)nnc1-c1ccc(Cl)cc1. The van der Waals surface area contributed by atoms with Crippen LogP contribution in [0.15, 0.2) is 53.7 Å². The van der Waals surface area contributed by atoms with E-state index in [1.807, 2.05) is 66.9 Å².